The van der Waals surface area contributed by atoms with Gasteiger partial charge in [0.15, 0.2) is 0 Å². The summed E-state index contributed by atoms with van der Waals surface area (Å²) in [6, 6.07) is 10.0. The molecule has 0 aliphatic heterocycles. The molecule has 1 fully saturated rings. The highest BCUT2D eigenvalue weighted by Crippen LogP contribution is 2.29. The lowest BCUT2D eigenvalue weighted by Crippen LogP contribution is -2.40. The maximum absolute atomic E-state index is 12.0. The molecule has 1 aliphatic carbocycles. The Morgan fingerprint density at radius 3 is 2.59 bits per heavy atom. The highest BCUT2D eigenvalue weighted by atomic mass is 16.3. The number of amides is 1. The van der Waals surface area contributed by atoms with Gasteiger partial charge in [-0.1, -0.05) is 43.2 Å². The summed E-state index contributed by atoms with van der Waals surface area (Å²) in [4.78, 5) is 14.1. The Kier molecular flexibility index (Phi) is 5.98. The standard InChI is InChI=1S/C18H28N2O2/c1-15(16-8-4-3-5-9-16)19-17(21)10-13-20(2)14-18(22)11-6-7-12-18/h3-5,8-9,15,22H,6-7,10-14H2,1-2H3,(H,19,21). The van der Waals surface area contributed by atoms with Crippen molar-refractivity contribution < 1.29 is 9.90 Å². The van der Waals surface area contributed by atoms with Crippen molar-refractivity contribution in [2.45, 2.75) is 50.7 Å². The summed E-state index contributed by atoms with van der Waals surface area (Å²) in [7, 11) is 1.98. The zero-order chi connectivity index (χ0) is 16.0. The van der Waals surface area contributed by atoms with E-state index in [9.17, 15) is 9.90 Å². The first-order chi connectivity index (χ1) is 10.5. The van der Waals surface area contributed by atoms with Crippen molar-refractivity contribution in [3.63, 3.8) is 0 Å². The fraction of sp³-hybridized carbons (Fsp3) is 0.611. The molecular weight excluding hydrogens is 276 g/mol. The van der Waals surface area contributed by atoms with E-state index in [1.165, 1.54) is 0 Å². The second-order valence-corrected chi connectivity index (χ2v) is 6.62. The topological polar surface area (TPSA) is 52.6 Å². The van der Waals surface area contributed by atoms with E-state index in [1.807, 2.05) is 44.3 Å². The number of hydrogen-bond acceptors (Lipinski definition) is 3. The molecule has 1 atom stereocenters. The van der Waals surface area contributed by atoms with Gasteiger partial charge in [-0.25, -0.2) is 0 Å². The molecule has 4 heteroatoms. The van der Waals surface area contributed by atoms with Crippen LogP contribution in [-0.2, 0) is 4.79 Å². The number of aliphatic hydroxyl groups is 1. The molecule has 1 aromatic rings. The monoisotopic (exact) mass is 304 g/mol. The number of benzene rings is 1. The molecule has 2 N–H and O–H groups in total. The Morgan fingerprint density at radius 2 is 1.95 bits per heavy atom. The third-order valence-electron chi connectivity index (χ3n) is 4.50. The van der Waals surface area contributed by atoms with Crippen molar-refractivity contribution >= 4 is 5.91 Å². The van der Waals surface area contributed by atoms with Gasteiger partial charge in [0.2, 0.25) is 5.91 Å². The van der Waals surface area contributed by atoms with Crippen LogP contribution >= 0.6 is 0 Å². The van der Waals surface area contributed by atoms with Crippen LogP contribution in [0.1, 0.15) is 50.6 Å². The fourth-order valence-electron chi connectivity index (χ4n) is 3.20. The quantitative estimate of drug-likeness (QED) is 0.814. The molecule has 0 bridgehead atoms. The van der Waals surface area contributed by atoms with Crippen LogP contribution in [0.25, 0.3) is 0 Å². The molecule has 0 radical (unpaired) electrons. The van der Waals surface area contributed by atoms with Gasteiger partial charge >= 0.3 is 0 Å². The van der Waals surface area contributed by atoms with Crippen LogP contribution in [0, 0.1) is 0 Å². The van der Waals surface area contributed by atoms with Crippen molar-refractivity contribution in [1.82, 2.24) is 10.2 Å². The number of nitrogens with zero attached hydrogens (tertiary/aromatic N) is 1. The summed E-state index contributed by atoms with van der Waals surface area (Å²) < 4.78 is 0. The first-order valence-electron chi connectivity index (χ1n) is 8.24. The van der Waals surface area contributed by atoms with Gasteiger partial charge in [-0.05, 0) is 32.4 Å². The molecule has 1 aliphatic rings. The molecule has 0 aromatic heterocycles. The maximum atomic E-state index is 12.0. The number of carbonyl (C=O) groups excluding carboxylic acids is 1. The smallest absolute Gasteiger partial charge is 0.221 e. The zero-order valence-corrected chi connectivity index (χ0v) is 13.7. The highest BCUT2D eigenvalue weighted by molar-refractivity contribution is 5.76. The van der Waals surface area contributed by atoms with Gasteiger partial charge in [0, 0.05) is 19.5 Å². The lowest BCUT2D eigenvalue weighted by atomic mass is 10.0. The number of nitrogens with one attached hydrogen (secondary N) is 1. The molecule has 1 saturated carbocycles. The molecule has 1 aromatic carbocycles. The van der Waals surface area contributed by atoms with Crippen LogP contribution in [0.2, 0.25) is 0 Å². The third kappa shape index (κ3) is 5.11. The number of rotatable bonds is 7. The molecule has 1 amide bonds. The van der Waals surface area contributed by atoms with Crippen LogP contribution in [-0.4, -0.2) is 41.7 Å². The van der Waals surface area contributed by atoms with E-state index in [0.29, 0.717) is 19.5 Å². The zero-order valence-electron chi connectivity index (χ0n) is 13.7. The van der Waals surface area contributed by atoms with Gasteiger partial charge in [0.25, 0.3) is 0 Å². The van der Waals surface area contributed by atoms with Gasteiger partial charge in [0.1, 0.15) is 0 Å². The van der Waals surface area contributed by atoms with Gasteiger partial charge in [-0.3, -0.25) is 4.79 Å². The van der Waals surface area contributed by atoms with E-state index >= 15 is 0 Å². The van der Waals surface area contributed by atoms with Gasteiger partial charge in [0.05, 0.1) is 11.6 Å². The molecule has 0 spiro atoms. The minimum absolute atomic E-state index is 0.0259. The Labute approximate surface area is 133 Å². The SMILES string of the molecule is CC(NC(=O)CCN(C)CC1(O)CCCC1)c1ccccc1. The largest absolute Gasteiger partial charge is 0.389 e. The minimum Gasteiger partial charge on any atom is -0.389 e. The highest BCUT2D eigenvalue weighted by Gasteiger charge is 2.32. The second-order valence-electron chi connectivity index (χ2n) is 6.62. The molecule has 0 saturated heterocycles. The van der Waals surface area contributed by atoms with Crippen molar-refractivity contribution in [3.05, 3.63) is 35.9 Å². The van der Waals surface area contributed by atoms with E-state index < -0.39 is 5.60 Å². The molecule has 22 heavy (non-hydrogen) atoms. The summed E-state index contributed by atoms with van der Waals surface area (Å²) >= 11 is 0. The average Bonchev–Trinajstić information content (AvgIpc) is 2.92. The predicted molar refractivity (Wildman–Crippen MR) is 88.5 cm³/mol. The summed E-state index contributed by atoms with van der Waals surface area (Å²) in [6.45, 7) is 3.34. The van der Waals surface area contributed by atoms with Crippen molar-refractivity contribution in [2.75, 3.05) is 20.1 Å². The van der Waals surface area contributed by atoms with Crippen LogP contribution < -0.4 is 5.32 Å². The fourth-order valence-corrected chi connectivity index (χ4v) is 3.20. The number of carbonyl (C=O) groups is 1. The Bertz CT molecular complexity index is 469. The summed E-state index contributed by atoms with van der Waals surface area (Å²) in [5.41, 5.74) is 0.576. The minimum atomic E-state index is -0.539. The lowest BCUT2D eigenvalue weighted by Gasteiger charge is -2.28. The van der Waals surface area contributed by atoms with E-state index in [4.69, 9.17) is 0 Å². The van der Waals surface area contributed by atoms with E-state index in [2.05, 4.69) is 10.2 Å². The third-order valence-corrected chi connectivity index (χ3v) is 4.50. The molecule has 0 heterocycles. The Balaban J connectivity index is 1.71. The first kappa shape index (κ1) is 17.0. The number of hydrogen-bond donors (Lipinski definition) is 2. The van der Waals surface area contributed by atoms with E-state index in [-0.39, 0.29) is 11.9 Å². The molecule has 122 valence electrons. The predicted octanol–water partition coefficient (Wildman–Crippen LogP) is 2.49. The van der Waals surface area contributed by atoms with Crippen molar-refractivity contribution in [1.29, 1.82) is 0 Å². The van der Waals surface area contributed by atoms with Crippen molar-refractivity contribution in [3.8, 4) is 0 Å². The van der Waals surface area contributed by atoms with Crippen molar-refractivity contribution in [2.24, 2.45) is 0 Å². The van der Waals surface area contributed by atoms with E-state index in [1.54, 1.807) is 0 Å². The first-order valence-corrected chi connectivity index (χ1v) is 8.24. The van der Waals surface area contributed by atoms with Crippen LogP contribution in [0.4, 0.5) is 0 Å². The molecule has 4 nitrogen and oxygen atoms in total. The normalized spacial score (nSPS) is 18.4. The Hall–Kier alpha value is -1.39. The van der Waals surface area contributed by atoms with Crippen LogP contribution in [0.3, 0.4) is 0 Å². The lowest BCUT2D eigenvalue weighted by molar-refractivity contribution is -0.122. The van der Waals surface area contributed by atoms with Gasteiger partial charge in [-0.15, -0.1) is 0 Å². The maximum Gasteiger partial charge on any atom is 0.221 e. The van der Waals surface area contributed by atoms with Gasteiger partial charge < -0.3 is 15.3 Å². The van der Waals surface area contributed by atoms with Crippen LogP contribution in [0.15, 0.2) is 30.3 Å². The molecule has 2 rings (SSSR count). The average molecular weight is 304 g/mol. The molecular formula is C18H28N2O2. The second kappa shape index (κ2) is 7.75. The van der Waals surface area contributed by atoms with Gasteiger partial charge in [-0.2, -0.15) is 0 Å². The summed E-state index contributed by atoms with van der Waals surface area (Å²) in [6.07, 6.45) is 4.45. The summed E-state index contributed by atoms with van der Waals surface area (Å²) in [5, 5.41) is 13.4. The molecule has 1 unspecified atom stereocenters. The van der Waals surface area contributed by atoms with Crippen LogP contribution in [0.5, 0.6) is 0 Å². The summed E-state index contributed by atoms with van der Waals surface area (Å²) in [5.74, 6) is 0.0571. The van der Waals surface area contributed by atoms with E-state index in [0.717, 1.165) is 31.2 Å². The Morgan fingerprint density at radius 1 is 1.32 bits per heavy atom. The number of likely N-dealkylation sites (N-methyl/N-ethyl adjacent to an activating group) is 1.